The van der Waals surface area contributed by atoms with Crippen LogP contribution < -0.4 is 4.74 Å². The molecular formula is C25H28Cl2O4. The van der Waals surface area contributed by atoms with Crippen LogP contribution in [0, 0.1) is 0 Å². The molecule has 1 aliphatic rings. The molecule has 3 rings (SSSR count). The van der Waals surface area contributed by atoms with Crippen molar-refractivity contribution in [3.05, 3.63) is 63.1 Å². The van der Waals surface area contributed by atoms with Gasteiger partial charge in [-0.1, -0.05) is 60.7 Å². The van der Waals surface area contributed by atoms with Crippen molar-refractivity contribution >= 4 is 35.2 Å². The van der Waals surface area contributed by atoms with Crippen LogP contribution in [0.5, 0.6) is 11.5 Å². The predicted molar refractivity (Wildman–Crippen MR) is 125 cm³/mol. The van der Waals surface area contributed by atoms with Gasteiger partial charge >= 0.3 is 5.97 Å². The highest BCUT2D eigenvalue weighted by atomic mass is 35.5. The maximum Gasteiger partial charge on any atom is 0.342 e. The highest BCUT2D eigenvalue weighted by molar-refractivity contribution is 6.35. The molecule has 0 bridgehead atoms. The Morgan fingerprint density at radius 3 is 2.68 bits per heavy atom. The Hall–Kier alpha value is -2.17. The second-order valence-electron chi connectivity index (χ2n) is 7.89. The summed E-state index contributed by atoms with van der Waals surface area (Å²) < 4.78 is 11.4. The molecule has 2 aromatic rings. The molecule has 0 unspecified atom stereocenters. The molecule has 1 atom stereocenters. The number of benzene rings is 2. The number of ether oxygens (including phenoxy) is 2. The lowest BCUT2D eigenvalue weighted by Crippen LogP contribution is -2.16. The highest BCUT2D eigenvalue weighted by Crippen LogP contribution is 2.32. The molecule has 4 nitrogen and oxygen atoms in total. The van der Waals surface area contributed by atoms with Crippen molar-refractivity contribution in [3.8, 4) is 11.5 Å². The average molecular weight is 463 g/mol. The summed E-state index contributed by atoms with van der Waals surface area (Å²) in [7, 11) is 0. The first-order chi connectivity index (χ1) is 14.9. The number of esters is 1. The van der Waals surface area contributed by atoms with Crippen LogP contribution in [-0.2, 0) is 11.3 Å². The van der Waals surface area contributed by atoms with Crippen LogP contribution in [0.1, 0.15) is 73.4 Å². The molecule has 31 heavy (non-hydrogen) atoms. The Labute approximate surface area is 193 Å². The highest BCUT2D eigenvalue weighted by Gasteiger charge is 2.21. The maximum absolute atomic E-state index is 12.8. The smallest absolute Gasteiger partial charge is 0.342 e. The fourth-order valence-corrected chi connectivity index (χ4v) is 4.06. The lowest BCUT2D eigenvalue weighted by atomic mass is 10.0. The zero-order valence-corrected chi connectivity index (χ0v) is 19.2. The van der Waals surface area contributed by atoms with Crippen molar-refractivity contribution in [1.29, 1.82) is 0 Å². The zero-order chi connectivity index (χ0) is 22.2. The van der Waals surface area contributed by atoms with Gasteiger partial charge in [-0.3, -0.25) is 0 Å². The average Bonchev–Trinajstić information content (AvgIpc) is 2.71. The van der Waals surface area contributed by atoms with Crippen molar-refractivity contribution in [3.63, 3.8) is 0 Å². The normalized spacial score (nSPS) is 19.1. The number of cyclic esters (lactones) is 1. The largest absolute Gasteiger partial charge is 0.507 e. The summed E-state index contributed by atoms with van der Waals surface area (Å²) in [6, 6.07) is 8.37. The second kappa shape index (κ2) is 11.4. The van der Waals surface area contributed by atoms with E-state index in [1.54, 1.807) is 24.3 Å². The summed E-state index contributed by atoms with van der Waals surface area (Å²) >= 11 is 12.2. The lowest BCUT2D eigenvalue weighted by molar-refractivity contribution is 0.0316. The maximum atomic E-state index is 12.8. The minimum absolute atomic E-state index is 0.163. The van der Waals surface area contributed by atoms with Crippen molar-refractivity contribution in [1.82, 2.24) is 0 Å². The molecule has 0 fully saturated rings. The number of allylic oxidation sites excluding steroid dienone is 1. The van der Waals surface area contributed by atoms with Crippen LogP contribution in [0.4, 0.5) is 0 Å². The summed E-state index contributed by atoms with van der Waals surface area (Å²) in [6.45, 7) is 2.10. The molecular weight excluding hydrogens is 435 g/mol. The molecule has 0 aromatic heterocycles. The molecule has 0 radical (unpaired) electrons. The van der Waals surface area contributed by atoms with Gasteiger partial charge in [0.25, 0.3) is 0 Å². The van der Waals surface area contributed by atoms with Crippen LogP contribution in [0.2, 0.25) is 10.0 Å². The first kappa shape index (κ1) is 23.5. The molecule has 0 saturated heterocycles. The summed E-state index contributed by atoms with van der Waals surface area (Å²) in [5.74, 6) is -0.244. The fourth-order valence-electron chi connectivity index (χ4n) is 3.59. The standard InChI is InChI=1S/C25H28Cl2O4/c1-17-9-7-5-3-2-4-6-8-10-18-13-21(15-23(28)24(18)25(29)31-17)30-16-19-11-12-20(26)14-22(19)27/h8,10-15,17,28H,2-7,9,16H2,1H3/b10-8+/t17-/m1/s1. The molecule has 0 spiro atoms. The van der Waals surface area contributed by atoms with E-state index < -0.39 is 5.97 Å². The minimum atomic E-state index is -0.519. The van der Waals surface area contributed by atoms with Crippen LogP contribution in [-0.4, -0.2) is 17.2 Å². The predicted octanol–water partition coefficient (Wildman–Crippen LogP) is 7.58. The Balaban J connectivity index is 1.85. The van der Waals surface area contributed by atoms with Crippen molar-refractivity contribution < 1.29 is 19.4 Å². The third-order valence-electron chi connectivity index (χ3n) is 5.32. The third-order valence-corrected chi connectivity index (χ3v) is 5.91. The number of fused-ring (bicyclic) bond motifs is 1. The third kappa shape index (κ3) is 6.91. The van der Waals surface area contributed by atoms with E-state index in [0.717, 1.165) is 37.7 Å². The van der Waals surface area contributed by atoms with Gasteiger partial charge in [0, 0.05) is 21.7 Å². The molecule has 0 saturated carbocycles. The monoisotopic (exact) mass is 462 g/mol. The summed E-state index contributed by atoms with van der Waals surface area (Å²) in [5.41, 5.74) is 1.51. The number of halogens is 2. The number of carbonyl (C=O) groups excluding carboxylic acids is 1. The van der Waals surface area contributed by atoms with E-state index in [2.05, 4.69) is 0 Å². The van der Waals surface area contributed by atoms with E-state index in [-0.39, 0.29) is 24.0 Å². The van der Waals surface area contributed by atoms with Gasteiger partial charge in [0.1, 0.15) is 23.7 Å². The van der Waals surface area contributed by atoms with E-state index in [4.69, 9.17) is 32.7 Å². The Morgan fingerprint density at radius 2 is 1.87 bits per heavy atom. The van der Waals surface area contributed by atoms with E-state index >= 15 is 0 Å². The first-order valence-electron chi connectivity index (χ1n) is 10.8. The van der Waals surface area contributed by atoms with Gasteiger partial charge in [0.15, 0.2) is 0 Å². The van der Waals surface area contributed by atoms with Gasteiger partial charge in [0.05, 0.1) is 6.10 Å². The van der Waals surface area contributed by atoms with Gasteiger partial charge in [-0.05, 0) is 56.4 Å². The summed E-state index contributed by atoms with van der Waals surface area (Å²) in [6.07, 6.45) is 11.1. The number of phenolic OH excluding ortho intramolecular Hbond substituents is 1. The second-order valence-corrected chi connectivity index (χ2v) is 8.74. The molecule has 0 aliphatic carbocycles. The van der Waals surface area contributed by atoms with Crippen LogP contribution in [0.3, 0.4) is 0 Å². The number of phenols is 1. The van der Waals surface area contributed by atoms with Crippen molar-refractivity contribution in [2.75, 3.05) is 0 Å². The van der Waals surface area contributed by atoms with Gasteiger partial charge in [-0.2, -0.15) is 0 Å². The Morgan fingerprint density at radius 1 is 1.10 bits per heavy atom. The quantitative estimate of drug-likeness (QED) is 0.477. The number of aromatic hydroxyl groups is 1. The Kier molecular flexibility index (Phi) is 8.68. The number of rotatable bonds is 3. The van der Waals surface area contributed by atoms with E-state index in [1.807, 2.05) is 19.1 Å². The van der Waals surface area contributed by atoms with Crippen molar-refractivity contribution in [2.45, 2.75) is 64.6 Å². The van der Waals surface area contributed by atoms with Gasteiger partial charge < -0.3 is 14.6 Å². The van der Waals surface area contributed by atoms with E-state index in [0.29, 0.717) is 21.4 Å². The van der Waals surface area contributed by atoms with Gasteiger partial charge in [-0.15, -0.1) is 0 Å². The number of carbonyl (C=O) groups is 1. The van der Waals surface area contributed by atoms with Crippen LogP contribution in [0.15, 0.2) is 36.4 Å². The molecule has 166 valence electrons. The zero-order valence-electron chi connectivity index (χ0n) is 17.7. The first-order valence-corrected chi connectivity index (χ1v) is 11.5. The topological polar surface area (TPSA) is 55.8 Å². The van der Waals surface area contributed by atoms with Crippen molar-refractivity contribution in [2.24, 2.45) is 0 Å². The lowest BCUT2D eigenvalue weighted by Gasteiger charge is -2.17. The van der Waals surface area contributed by atoms with E-state index in [1.165, 1.54) is 18.9 Å². The molecule has 0 amide bonds. The molecule has 2 aromatic carbocycles. The molecule has 6 heteroatoms. The summed E-state index contributed by atoms with van der Waals surface area (Å²) in [4.78, 5) is 12.8. The number of hydrogen-bond acceptors (Lipinski definition) is 4. The minimum Gasteiger partial charge on any atom is -0.507 e. The van der Waals surface area contributed by atoms with Crippen LogP contribution in [0.25, 0.3) is 6.08 Å². The fraction of sp³-hybridized carbons (Fsp3) is 0.400. The van der Waals surface area contributed by atoms with Gasteiger partial charge in [0.2, 0.25) is 0 Å². The molecule has 1 aliphatic heterocycles. The van der Waals surface area contributed by atoms with E-state index in [9.17, 15) is 9.90 Å². The Bertz CT molecular complexity index is 939. The van der Waals surface area contributed by atoms with Gasteiger partial charge in [-0.25, -0.2) is 4.79 Å². The summed E-state index contributed by atoms with van der Waals surface area (Å²) in [5, 5.41) is 11.7. The molecule has 1 heterocycles. The number of hydrogen-bond donors (Lipinski definition) is 1. The van der Waals surface area contributed by atoms with Crippen LogP contribution >= 0.6 is 23.2 Å². The SMILES string of the molecule is C[C@@H]1CCCCCCC/C=C/c2cc(OCc3ccc(Cl)cc3Cl)cc(O)c2C(=O)O1. The molecule has 1 N–H and O–H groups in total.